The molecule has 1 saturated heterocycles. The Balaban J connectivity index is 2.28. The van der Waals surface area contributed by atoms with Gasteiger partial charge in [-0.25, -0.2) is 4.79 Å². The highest BCUT2D eigenvalue weighted by molar-refractivity contribution is 8.00. The fourth-order valence-corrected chi connectivity index (χ4v) is 3.57. The molecule has 1 aromatic rings. The SMILES string of the molecule is CCOC(=O)c1cc(N)ccc1N1CCSC(CC)C1. The van der Waals surface area contributed by atoms with E-state index in [9.17, 15) is 4.79 Å². The number of anilines is 2. The molecule has 0 aromatic heterocycles. The molecule has 2 N–H and O–H groups in total. The summed E-state index contributed by atoms with van der Waals surface area (Å²) in [4.78, 5) is 14.4. The van der Waals surface area contributed by atoms with Gasteiger partial charge in [0.2, 0.25) is 0 Å². The second kappa shape index (κ2) is 6.88. The highest BCUT2D eigenvalue weighted by Gasteiger charge is 2.23. The maximum Gasteiger partial charge on any atom is 0.340 e. The number of nitrogens with zero attached hydrogens (tertiary/aromatic N) is 1. The minimum atomic E-state index is -0.291. The predicted molar refractivity (Wildman–Crippen MR) is 85.6 cm³/mol. The zero-order valence-corrected chi connectivity index (χ0v) is 12.9. The molecular weight excluding hydrogens is 272 g/mol. The Morgan fingerprint density at radius 2 is 2.30 bits per heavy atom. The highest BCUT2D eigenvalue weighted by Crippen LogP contribution is 2.29. The van der Waals surface area contributed by atoms with Crippen molar-refractivity contribution >= 4 is 29.1 Å². The van der Waals surface area contributed by atoms with Crippen LogP contribution in [0.2, 0.25) is 0 Å². The average molecular weight is 294 g/mol. The van der Waals surface area contributed by atoms with Gasteiger partial charge in [-0.05, 0) is 31.5 Å². The molecular formula is C15H22N2O2S. The van der Waals surface area contributed by atoms with Gasteiger partial charge in [-0.3, -0.25) is 0 Å². The number of benzene rings is 1. The van der Waals surface area contributed by atoms with Gasteiger partial charge in [-0.2, -0.15) is 11.8 Å². The molecule has 4 nitrogen and oxygen atoms in total. The standard InChI is InChI=1S/C15H22N2O2S/c1-3-12-10-17(7-8-20-12)14-6-5-11(16)9-13(14)15(18)19-4-2/h5-6,9,12H,3-4,7-8,10,16H2,1-2H3. The summed E-state index contributed by atoms with van der Waals surface area (Å²) in [5.74, 6) is 0.798. The molecule has 0 aliphatic carbocycles. The number of carbonyl (C=O) groups excluding carboxylic acids is 1. The monoisotopic (exact) mass is 294 g/mol. The van der Waals surface area contributed by atoms with Crippen molar-refractivity contribution < 1.29 is 9.53 Å². The van der Waals surface area contributed by atoms with E-state index in [4.69, 9.17) is 10.5 Å². The van der Waals surface area contributed by atoms with Gasteiger partial charge in [-0.1, -0.05) is 6.92 Å². The van der Waals surface area contributed by atoms with Gasteiger partial charge in [0, 0.05) is 29.8 Å². The molecule has 1 unspecified atom stereocenters. The molecule has 5 heteroatoms. The quantitative estimate of drug-likeness (QED) is 0.683. The molecule has 1 aromatic carbocycles. The van der Waals surface area contributed by atoms with Crippen molar-refractivity contribution in [3.05, 3.63) is 23.8 Å². The van der Waals surface area contributed by atoms with E-state index in [2.05, 4.69) is 11.8 Å². The Labute approximate surface area is 124 Å². The van der Waals surface area contributed by atoms with E-state index in [1.807, 2.05) is 30.8 Å². The van der Waals surface area contributed by atoms with Gasteiger partial charge in [0.05, 0.1) is 17.9 Å². The number of thioether (sulfide) groups is 1. The lowest BCUT2D eigenvalue weighted by Crippen LogP contribution is -2.38. The van der Waals surface area contributed by atoms with Crippen molar-refractivity contribution in [1.29, 1.82) is 0 Å². The molecule has 0 saturated carbocycles. The third kappa shape index (κ3) is 3.39. The second-order valence-corrected chi connectivity index (χ2v) is 6.25. The molecule has 1 atom stereocenters. The Morgan fingerprint density at radius 3 is 3.00 bits per heavy atom. The van der Waals surface area contributed by atoms with E-state index in [0.29, 0.717) is 23.1 Å². The maximum atomic E-state index is 12.1. The van der Waals surface area contributed by atoms with Crippen LogP contribution in [0.4, 0.5) is 11.4 Å². The van der Waals surface area contributed by atoms with Crippen LogP contribution in [0.3, 0.4) is 0 Å². The lowest BCUT2D eigenvalue weighted by Gasteiger charge is -2.34. The number of esters is 1. The minimum absolute atomic E-state index is 0.291. The van der Waals surface area contributed by atoms with Crippen molar-refractivity contribution in [2.75, 3.05) is 36.1 Å². The van der Waals surface area contributed by atoms with Crippen LogP contribution in [0.5, 0.6) is 0 Å². The van der Waals surface area contributed by atoms with E-state index < -0.39 is 0 Å². The molecule has 0 amide bonds. The molecule has 0 radical (unpaired) electrons. The Bertz CT molecular complexity index is 479. The van der Waals surface area contributed by atoms with Crippen molar-refractivity contribution in [3.63, 3.8) is 0 Å². The first-order valence-electron chi connectivity index (χ1n) is 7.08. The van der Waals surface area contributed by atoms with Crippen molar-refractivity contribution in [2.45, 2.75) is 25.5 Å². The predicted octanol–water partition coefficient (Wildman–Crippen LogP) is 2.78. The van der Waals surface area contributed by atoms with Gasteiger partial charge in [0.1, 0.15) is 0 Å². The zero-order valence-electron chi connectivity index (χ0n) is 12.1. The molecule has 1 aliphatic rings. The molecule has 0 spiro atoms. The molecule has 0 bridgehead atoms. The van der Waals surface area contributed by atoms with Gasteiger partial charge in [0.25, 0.3) is 0 Å². The summed E-state index contributed by atoms with van der Waals surface area (Å²) in [6.07, 6.45) is 1.14. The van der Waals surface area contributed by atoms with E-state index in [1.165, 1.54) is 0 Å². The van der Waals surface area contributed by atoms with Gasteiger partial charge in [-0.15, -0.1) is 0 Å². The fraction of sp³-hybridized carbons (Fsp3) is 0.533. The number of hydrogen-bond acceptors (Lipinski definition) is 5. The third-order valence-electron chi connectivity index (χ3n) is 3.45. The summed E-state index contributed by atoms with van der Waals surface area (Å²) in [6, 6.07) is 5.50. The first-order valence-corrected chi connectivity index (χ1v) is 8.13. The second-order valence-electron chi connectivity index (χ2n) is 4.84. The average Bonchev–Trinajstić information content (AvgIpc) is 2.47. The number of nitrogens with two attached hydrogens (primary N) is 1. The summed E-state index contributed by atoms with van der Waals surface area (Å²) in [7, 11) is 0. The summed E-state index contributed by atoms with van der Waals surface area (Å²) >= 11 is 2.01. The molecule has 110 valence electrons. The van der Waals surface area contributed by atoms with Gasteiger partial charge in [0.15, 0.2) is 0 Å². The Morgan fingerprint density at radius 1 is 1.50 bits per heavy atom. The van der Waals surface area contributed by atoms with Crippen LogP contribution in [-0.4, -0.2) is 36.7 Å². The van der Waals surface area contributed by atoms with Crippen LogP contribution >= 0.6 is 11.8 Å². The number of ether oxygens (including phenoxy) is 1. The van der Waals surface area contributed by atoms with Crippen LogP contribution in [0, 0.1) is 0 Å². The molecule has 2 rings (SSSR count). The number of carbonyl (C=O) groups is 1. The first kappa shape index (κ1) is 15.0. The van der Waals surface area contributed by atoms with Crippen LogP contribution in [0.15, 0.2) is 18.2 Å². The third-order valence-corrected chi connectivity index (χ3v) is 4.82. The molecule has 1 fully saturated rings. The number of nitrogen functional groups attached to an aromatic ring is 1. The van der Waals surface area contributed by atoms with Crippen LogP contribution in [0.1, 0.15) is 30.6 Å². The van der Waals surface area contributed by atoms with Crippen molar-refractivity contribution in [1.82, 2.24) is 0 Å². The highest BCUT2D eigenvalue weighted by atomic mass is 32.2. The largest absolute Gasteiger partial charge is 0.462 e. The van der Waals surface area contributed by atoms with Gasteiger partial charge >= 0.3 is 5.97 Å². The Hall–Kier alpha value is -1.36. The van der Waals surface area contributed by atoms with Crippen molar-refractivity contribution in [3.8, 4) is 0 Å². The summed E-state index contributed by atoms with van der Waals surface area (Å²) in [5, 5.41) is 0.622. The van der Waals surface area contributed by atoms with Crippen LogP contribution in [-0.2, 0) is 4.74 Å². The van der Waals surface area contributed by atoms with E-state index >= 15 is 0 Å². The summed E-state index contributed by atoms with van der Waals surface area (Å²) in [5.41, 5.74) is 7.93. The lowest BCUT2D eigenvalue weighted by molar-refractivity contribution is 0.0527. The molecule has 20 heavy (non-hydrogen) atoms. The smallest absolute Gasteiger partial charge is 0.340 e. The van der Waals surface area contributed by atoms with E-state index in [0.717, 1.165) is 31.0 Å². The van der Waals surface area contributed by atoms with Crippen LogP contribution in [0.25, 0.3) is 0 Å². The Kier molecular flexibility index (Phi) is 5.17. The first-order chi connectivity index (χ1) is 9.65. The number of hydrogen-bond donors (Lipinski definition) is 1. The van der Waals surface area contributed by atoms with Gasteiger partial charge < -0.3 is 15.4 Å². The zero-order chi connectivity index (χ0) is 14.5. The van der Waals surface area contributed by atoms with E-state index in [1.54, 1.807) is 6.07 Å². The fourth-order valence-electron chi connectivity index (χ4n) is 2.39. The maximum absolute atomic E-state index is 12.1. The van der Waals surface area contributed by atoms with E-state index in [-0.39, 0.29) is 5.97 Å². The molecule has 1 aliphatic heterocycles. The summed E-state index contributed by atoms with van der Waals surface area (Å²) < 4.78 is 5.14. The summed E-state index contributed by atoms with van der Waals surface area (Å²) in [6.45, 7) is 6.32. The van der Waals surface area contributed by atoms with Crippen molar-refractivity contribution in [2.24, 2.45) is 0 Å². The normalized spacial score (nSPS) is 18.9. The van der Waals surface area contributed by atoms with Crippen LogP contribution < -0.4 is 10.6 Å². The number of rotatable bonds is 4. The lowest BCUT2D eigenvalue weighted by atomic mass is 10.1. The molecule has 1 heterocycles. The topological polar surface area (TPSA) is 55.6 Å². The minimum Gasteiger partial charge on any atom is -0.462 e.